The van der Waals surface area contributed by atoms with Crippen LogP contribution in [0.3, 0.4) is 0 Å². The molecule has 0 amide bonds. The third kappa shape index (κ3) is 3.69. The highest BCUT2D eigenvalue weighted by atomic mass is 16.6. The Bertz CT molecular complexity index is 678. The number of aryl methyl sites for hydroxylation is 3. The van der Waals surface area contributed by atoms with E-state index in [9.17, 15) is 9.90 Å². The van der Waals surface area contributed by atoms with E-state index in [-0.39, 0.29) is 17.5 Å². The number of Topliss-reactive ketones (excluding diaryl/α,β-unsaturated/α-hetero) is 1. The molecule has 1 aromatic carbocycles. The molecule has 130 valence electrons. The van der Waals surface area contributed by atoms with Crippen molar-refractivity contribution in [1.29, 1.82) is 0 Å². The predicted octanol–water partition coefficient (Wildman–Crippen LogP) is 4.67. The lowest BCUT2D eigenvalue weighted by Crippen LogP contribution is -2.24. The molecule has 0 unspecified atom stereocenters. The molecule has 1 N–H and O–H groups in total. The molecule has 4 nitrogen and oxygen atoms in total. The number of oxime groups is 1. The standard InChI is InChI=1S/C20H27NO3/c1-6-16(21-24-7-2)20-17(22)10-15(11-18(20)23)19-13(4)8-12(3)9-14(19)5/h8-9,15,22H,6-7,10-11H2,1-5H3/b21-16+/t15-/m0/s1. The molecule has 1 aromatic rings. The first-order valence-electron chi connectivity index (χ1n) is 8.61. The quantitative estimate of drug-likeness (QED) is 0.630. The zero-order valence-electron chi connectivity index (χ0n) is 15.3. The van der Waals surface area contributed by atoms with Gasteiger partial charge in [-0.15, -0.1) is 0 Å². The molecule has 0 saturated heterocycles. The number of carbonyl (C=O) groups excluding carboxylic acids is 1. The van der Waals surface area contributed by atoms with Gasteiger partial charge in [-0.25, -0.2) is 0 Å². The smallest absolute Gasteiger partial charge is 0.168 e. The van der Waals surface area contributed by atoms with Gasteiger partial charge in [0, 0.05) is 12.8 Å². The number of carbonyl (C=O) groups is 1. The predicted molar refractivity (Wildman–Crippen MR) is 96.6 cm³/mol. The van der Waals surface area contributed by atoms with Crippen LogP contribution < -0.4 is 0 Å². The summed E-state index contributed by atoms with van der Waals surface area (Å²) in [5.74, 6) is 0.103. The van der Waals surface area contributed by atoms with Gasteiger partial charge in [0.25, 0.3) is 0 Å². The van der Waals surface area contributed by atoms with E-state index in [0.717, 1.165) is 0 Å². The summed E-state index contributed by atoms with van der Waals surface area (Å²) in [6.45, 7) is 10.4. The molecule has 0 radical (unpaired) electrons. The summed E-state index contributed by atoms with van der Waals surface area (Å²) >= 11 is 0. The van der Waals surface area contributed by atoms with Crippen LogP contribution in [0.1, 0.15) is 61.3 Å². The van der Waals surface area contributed by atoms with E-state index in [1.54, 1.807) is 0 Å². The summed E-state index contributed by atoms with van der Waals surface area (Å²) in [5, 5.41) is 14.5. The van der Waals surface area contributed by atoms with Crippen LogP contribution in [0.2, 0.25) is 0 Å². The van der Waals surface area contributed by atoms with Crippen LogP contribution in [0, 0.1) is 20.8 Å². The summed E-state index contributed by atoms with van der Waals surface area (Å²) in [5.41, 5.74) is 5.65. The number of rotatable bonds is 5. The number of allylic oxidation sites excluding steroid dienone is 2. The molecule has 0 spiro atoms. The lowest BCUT2D eigenvalue weighted by Gasteiger charge is -2.27. The molecule has 0 bridgehead atoms. The van der Waals surface area contributed by atoms with Gasteiger partial charge in [0.05, 0.1) is 11.3 Å². The Morgan fingerprint density at radius 1 is 1.21 bits per heavy atom. The first-order valence-corrected chi connectivity index (χ1v) is 8.61. The number of hydrogen-bond donors (Lipinski definition) is 1. The van der Waals surface area contributed by atoms with Gasteiger partial charge in [-0.05, 0) is 56.7 Å². The second-order valence-electron chi connectivity index (χ2n) is 6.47. The zero-order valence-corrected chi connectivity index (χ0v) is 15.3. The normalized spacial score (nSPS) is 19.0. The van der Waals surface area contributed by atoms with Crippen LogP contribution in [0.25, 0.3) is 0 Å². The number of aliphatic hydroxyl groups excluding tert-OH is 1. The molecule has 0 saturated carbocycles. The molecule has 2 rings (SSSR count). The maximum Gasteiger partial charge on any atom is 0.168 e. The second kappa shape index (κ2) is 7.65. The Hall–Kier alpha value is -2.10. The average Bonchev–Trinajstić information content (AvgIpc) is 2.48. The Kier molecular flexibility index (Phi) is 5.81. The minimum absolute atomic E-state index is 0.0204. The number of benzene rings is 1. The Morgan fingerprint density at radius 3 is 2.33 bits per heavy atom. The minimum atomic E-state index is -0.0524. The molecule has 1 atom stereocenters. The maximum atomic E-state index is 12.7. The van der Waals surface area contributed by atoms with Crippen molar-refractivity contribution >= 4 is 11.5 Å². The molecule has 4 heteroatoms. The summed E-state index contributed by atoms with van der Waals surface area (Å²) in [7, 11) is 0. The Morgan fingerprint density at radius 2 is 1.83 bits per heavy atom. The van der Waals surface area contributed by atoms with Gasteiger partial charge >= 0.3 is 0 Å². The van der Waals surface area contributed by atoms with Crippen molar-refractivity contribution < 1.29 is 14.7 Å². The largest absolute Gasteiger partial charge is 0.511 e. The minimum Gasteiger partial charge on any atom is -0.511 e. The fraction of sp³-hybridized carbons (Fsp3) is 0.500. The third-order valence-corrected chi connectivity index (χ3v) is 4.51. The molecule has 24 heavy (non-hydrogen) atoms. The SMILES string of the molecule is CCO/N=C(\CC)C1=C(O)C[C@H](c2c(C)cc(C)cc2C)CC1=O. The number of nitrogens with zero attached hydrogens (tertiary/aromatic N) is 1. The fourth-order valence-corrected chi connectivity index (χ4v) is 3.69. The Labute approximate surface area is 144 Å². The van der Waals surface area contributed by atoms with Gasteiger partial charge in [-0.1, -0.05) is 29.8 Å². The van der Waals surface area contributed by atoms with E-state index in [0.29, 0.717) is 37.2 Å². The van der Waals surface area contributed by atoms with Crippen molar-refractivity contribution in [2.24, 2.45) is 5.16 Å². The number of aliphatic hydroxyl groups is 1. The summed E-state index contributed by atoms with van der Waals surface area (Å²) in [6, 6.07) is 4.27. The van der Waals surface area contributed by atoms with Crippen LogP contribution in [0.5, 0.6) is 0 Å². The molecular weight excluding hydrogens is 302 g/mol. The average molecular weight is 329 g/mol. The molecule has 0 aliphatic heterocycles. The lowest BCUT2D eigenvalue weighted by molar-refractivity contribution is -0.116. The first kappa shape index (κ1) is 18.2. The maximum absolute atomic E-state index is 12.7. The van der Waals surface area contributed by atoms with Crippen molar-refractivity contribution in [3.63, 3.8) is 0 Å². The highest BCUT2D eigenvalue weighted by molar-refractivity contribution is 6.23. The van der Waals surface area contributed by atoms with Gasteiger partial charge in [0.15, 0.2) is 5.78 Å². The molecule has 1 aliphatic carbocycles. The van der Waals surface area contributed by atoms with E-state index < -0.39 is 0 Å². The summed E-state index contributed by atoms with van der Waals surface area (Å²) in [6.07, 6.45) is 1.42. The summed E-state index contributed by atoms with van der Waals surface area (Å²) in [4.78, 5) is 17.8. The van der Waals surface area contributed by atoms with Crippen LogP contribution in [-0.4, -0.2) is 23.2 Å². The topological polar surface area (TPSA) is 58.9 Å². The highest BCUT2D eigenvalue weighted by Gasteiger charge is 2.32. The monoisotopic (exact) mass is 329 g/mol. The second-order valence-corrected chi connectivity index (χ2v) is 6.47. The molecule has 1 aliphatic rings. The van der Waals surface area contributed by atoms with Gasteiger partial charge in [0.2, 0.25) is 0 Å². The van der Waals surface area contributed by atoms with Crippen molar-refractivity contribution in [3.05, 3.63) is 45.7 Å². The number of ketones is 1. The summed E-state index contributed by atoms with van der Waals surface area (Å²) < 4.78 is 0. The third-order valence-electron chi connectivity index (χ3n) is 4.51. The van der Waals surface area contributed by atoms with Crippen LogP contribution >= 0.6 is 0 Å². The Balaban J connectivity index is 2.38. The van der Waals surface area contributed by atoms with Crippen LogP contribution in [0.15, 0.2) is 28.6 Å². The molecular formula is C20H27NO3. The van der Waals surface area contributed by atoms with Gasteiger partial charge in [0.1, 0.15) is 12.4 Å². The van der Waals surface area contributed by atoms with Crippen molar-refractivity contribution in [1.82, 2.24) is 0 Å². The fourth-order valence-electron chi connectivity index (χ4n) is 3.69. The van der Waals surface area contributed by atoms with E-state index in [2.05, 4.69) is 38.1 Å². The number of hydrogen-bond acceptors (Lipinski definition) is 4. The van der Waals surface area contributed by atoms with Gasteiger partial charge in [-0.2, -0.15) is 0 Å². The lowest BCUT2D eigenvalue weighted by atomic mass is 9.78. The van der Waals surface area contributed by atoms with E-state index in [1.807, 2.05) is 13.8 Å². The van der Waals surface area contributed by atoms with Crippen molar-refractivity contribution in [2.45, 2.75) is 59.8 Å². The van der Waals surface area contributed by atoms with E-state index in [1.165, 1.54) is 22.3 Å². The molecule has 0 fully saturated rings. The van der Waals surface area contributed by atoms with Crippen LogP contribution in [0.4, 0.5) is 0 Å². The molecule has 0 aromatic heterocycles. The van der Waals surface area contributed by atoms with Crippen molar-refractivity contribution in [2.75, 3.05) is 6.61 Å². The highest BCUT2D eigenvalue weighted by Crippen LogP contribution is 2.37. The van der Waals surface area contributed by atoms with Gasteiger partial charge < -0.3 is 9.94 Å². The van der Waals surface area contributed by atoms with E-state index in [4.69, 9.17) is 4.84 Å². The van der Waals surface area contributed by atoms with E-state index >= 15 is 0 Å². The molecule has 0 heterocycles. The first-order chi connectivity index (χ1) is 11.4. The van der Waals surface area contributed by atoms with Gasteiger partial charge in [-0.3, -0.25) is 4.79 Å². The zero-order chi connectivity index (χ0) is 17.9. The van der Waals surface area contributed by atoms with Crippen molar-refractivity contribution in [3.8, 4) is 0 Å². The van der Waals surface area contributed by atoms with Crippen LogP contribution in [-0.2, 0) is 9.63 Å².